The fourth-order valence-electron chi connectivity index (χ4n) is 11.0. The highest BCUT2D eigenvalue weighted by Gasteiger charge is 2.79. The summed E-state index contributed by atoms with van der Waals surface area (Å²) in [4.78, 5) is 39.9. The van der Waals surface area contributed by atoms with Gasteiger partial charge in [-0.3, -0.25) is 4.79 Å². The fourth-order valence-corrected chi connectivity index (χ4v) is 11.0. The van der Waals surface area contributed by atoms with E-state index in [0.717, 1.165) is 18.9 Å². The zero-order valence-corrected chi connectivity index (χ0v) is 26.3. The first-order valence-corrected chi connectivity index (χ1v) is 15.8. The number of hydrogen-bond acceptors (Lipinski definition) is 8. The molecule has 0 aromatic heterocycles. The molecule has 8 nitrogen and oxygen atoms in total. The summed E-state index contributed by atoms with van der Waals surface area (Å²) in [5, 5.41) is 20.9. The molecule has 12 atom stereocenters. The van der Waals surface area contributed by atoms with E-state index in [1.54, 1.807) is 19.9 Å². The Balaban J connectivity index is 1.38. The van der Waals surface area contributed by atoms with Crippen molar-refractivity contribution >= 4 is 17.9 Å². The zero-order chi connectivity index (χ0) is 32.3. The number of nitriles is 1. The number of rotatable bonds is 4. The van der Waals surface area contributed by atoms with E-state index in [4.69, 9.17) is 14.2 Å². The van der Waals surface area contributed by atoms with Gasteiger partial charge < -0.3 is 19.3 Å². The number of aliphatic hydroxyl groups excluding tert-OH is 1. The van der Waals surface area contributed by atoms with Crippen LogP contribution in [0.3, 0.4) is 0 Å². The van der Waals surface area contributed by atoms with Crippen LogP contribution in [0.4, 0.5) is 13.6 Å². The number of alkyl halides is 2. The van der Waals surface area contributed by atoms with E-state index in [1.807, 2.05) is 0 Å². The van der Waals surface area contributed by atoms with Crippen molar-refractivity contribution in [1.82, 2.24) is 0 Å². The normalized spacial score (nSPS) is 49.7. The van der Waals surface area contributed by atoms with Gasteiger partial charge in [0.05, 0.1) is 6.10 Å². The Bertz CT molecular complexity index is 1400. The molecule has 10 heteroatoms. The van der Waals surface area contributed by atoms with Crippen molar-refractivity contribution in [2.75, 3.05) is 6.61 Å². The maximum Gasteiger partial charge on any atom is 0.509 e. The van der Waals surface area contributed by atoms with E-state index in [0.29, 0.717) is 12.3 Å². The second-order valence-corrected chi connectivity index (χ2v) is 15.5. The van der Waals surface area contributed by atoms with Crippen LogP contribution in [0.1, 0.15) is 80.1 Å². The lowest BCUT2D eigenvalue weighted by Crippen LogP contribution is -2.71. The molecule has 0 aromatic carbocycles. The van der Waals surface area contributed by atoms with Crippen LogP contribution in [-0.4, -0.2) is 59.3 Å². The number of carbonyl (C=O) groups is 3. The van der Waals surface area contributed by atoms with Crippen molar-refractivity contribution < 1.29 is 42.5 Å². The lowest BCUT2D eigenvalue weighted by atomic mass is 9.44. The molecule has 0 radical (unpaired) electrons. The van der Waals surface area contributed by atoms with Gasteiger partial charge in [0.1, 0.15) is 18.3 Å². The molecule has 5 fully saturated rings. The highest BCUT2D eigenvalue weighted by Crippen LogP contribution is 2.72. The first-order chi connectivity index (χ1) is 20.4. The van der Waals surface area contributed by atoms with Gasteiger partial charge in [0.25, 0.3) is 0 Å². The third-order valence-corrected chi connectivity index (χ3v) is 13.9. The molecule has 5 saturated carbocycles. The van der Waals surface area contributed by atoms with Crippen molar-refractivity contribution in [1.29, 1.82) is 5.26 Å². The Morgan fingerprint density at radius 3 is 2.43 bits per heavy atom. The zero-order valence-electron chi connectivity index (χ0n) is 26.3. The third kappa shape index (κ3) is 3.59. The van der Waals surface area contributed by atoms with Gasteiger partial charge in [0.15, 0.2) is 18.1 Å². The summed E-state index contributed by atoms with van der Waals surface area (Å²) in [6.07, 6.45) is 1.02. The molecule has 1 unspecified atom stereocenters. The molecule has 2 bridgehead atoms. The number of nitrogens with zero attached hydrogens (tertiary/aromatic N) is 1. The number of allylic oxidation sites excluding steroid dienone is 4. The summed E-state index contributed by atoms with van der Waals surface area (Å²) in [5.74, 6) is -3.55. The number of esters is 1. The molecule has 0 heterocycles. The molecule has 1 N–H and O–H groups in total. The third-order valence-electron chi connectivity index (χ3n) is 13.9. The van der Waals surface area contributed by atoms with Gasteiger partial charge in [-0.2, -0.15) is 5.26 Å². The van der Waals surface area contributed by atoms with Crippen molar-refractivity contribution in [2.45, 2.75) is 110 Å². The van der Waals surface area contributed by atoms with E-state index in [1.165, 1.54) is 19.1 Å². The Kier molecular flexibility index (Phi) is 6.81. The standard InChI is InChI=1S/C34H43F2NO7/c1-18-13-21-22-16-24(35)23-15-20(38)8-10-30(23,4)33(22,36)25(39)17-32(21,6)34(18,27(40)42-12-11-37)44-28(41)43-26-14-19-7-9-31(26,5)29(19,2)3/h8,10,15,18-19,21-22,24-26,39H,7,9,12-14,16-17H2,1-6H3/t18-,19-,21+,22+,24+,25+,26-,30+,31+,32+,33?,34-/m1/s1. The van der Waals surface area contributed by atoms with Crippen LogP contribution in [-0.2, 0) is 23.8 Å². The first kappa shape index (κ1) is 31.2. The van der Waals surface area contributed by atoms with Gasteiger partial charge >= 0.3 is 12.1 Å². The molecular weight excluding hydrogens is 572 g/mol. The molecule has 6 aliphatic rings. The van der Waals surface area contributed by atoms with E-state index in [9.17, 15) is 24.8 Å². The molecule has 0 aromatic rings. The first-order valence-electron chi connectivity index (χ1n) is 15.8. The fraction of sp³-hybridized carbons (Fsp3) is 0.765. The van der Waals surface area contributed by atoms with Gasteiger partial charge in [-0.1, -0.05) is 40.7 Å². The van der Waals surface area contributed by atoms with Crippen LogP contribution < -0.4 is 0 Å². The quantitative estimate of drug-likeness (QED) is 0.398. The monoisotopic (exact) mass is 615 g/mol. The molecule has 0 amide bonds. The number of ketones is 1. The Hall–Kier alpha value is -2.80. The maximum atomic E-state index is 17.6. The number of ether oxygens (including phenoxy) is 3. The van der Waals surface area contributed by atoms with E-state index >= 15 is 8.78 Å². The van der Waals surface area contributed by atoms with E-state index < -0.39 is 82.7 Å². The van der Waals surface area contributed by atoms with Crippen molar-refractivity contribution in [3.63, 3.8) is 0 Å². The molecular formula is C34H43F2NO7. The van der Waals surface area contributed by atoms with Crippen LogP contribution >= 0.6 is 0 Å². The van der Waals surface area contributed by atoms with E-state index in [2.05, 4.69) is 20.8 Å². The highest BCUT2D eigenvalue weighted by molar-refractivity contribution is 6.01. The van der Waals surface area contributed by atoms with Crippen LogP contribution in [0.15, 0.2) is 23.8 Å². The van der Waals surface area contributed by atoms with Gasteiger partial charge in [0.2, 0.25) is 5.60 Å². The lowest BCUT2D eigenvalue weighted by molar-refractivity contribution is -0.234. The number of hydrogen-bond donors (Lipinski definition) is 1. The van der Waals surface area contributed by atoms with Gasteiger partial charge in [0, 0.05) is 28.1 Å². The SMILES string of the molecule is C[C@@H]1C[C@H]2[C@@H]3C[C@H](F)C4=CC(=O)C=C[C@]4(C)C3(F)[C@@H](O)C[C@]2(C)[C@]1(OC(=O)O[C@@H]1C[C@H]2CC[C@]1(C)C2(C)C)C(=O)OCC#N. The Morgan fingerprint density at radius 1 is 1.11 bits per heavy atom. The minimum absolute atomic E-state index is 0.000694. The average Bonchev–Trinajstić information content (AvgIpc) is 3.39. The molecule has 6 rings (SSSR count). The minimum Gasteiger partial charge on any atom is -0.447 e. The molecule has 0 saturated heterocycles. The van der Waals surface area contributed by atoms with E-state index in [-0.39, 0.29) is 35.7 Å². The predicted octanol–water partition coefficient (Wildman–Crippen LogP) is 5.72. The molecule has 240 valence electrons. The Labute approximate surface area is 257 Å². The lowest BCUT2D eigenvalue weighted by Gasteiger charge is -2.62. The molecule has 44 heavy (non-hydrogen) atoms. The topological polar surface area (TPSA) is 123 Å². The number of carbonyl (C=O) groups excluding carboxylic acids is 3. The van der Waals surface area contributed by atoms with Crippen molar-refractivity contribution in [3.8, 4) is 6.07 Å². The summed E-state index contributed by atoms with van der Waals surface area (Å²) in [6.45, 7) is 10.7. The van der Waals surface area contributed by atoms with Crippen LogP contribution in [0.2, 0.25) is 0 Å². The Morgan fingerprint density at radius 2 is 1.82 bits per heavy atom. The van der Waals surface area contributed by atoms with Crippen molar-refractivity contribution in [2.24, 2.45) is 45.3 Å². The van der Waals surface area contributed by atoms with Crippen LogP contribution in [0, 0.1) is 56.7 Å². The van der Waals surface area contributed by atoms with Gasteiger partial charge in [-0.05, 0) is 80.4 Å². The summed E-state index contributed by atoms with van der Waals surface area (Å²) < 4.78 is 51.0. The van der Waals surface area contributed by atoms with Gasteiger partial charge in [-0.25, -0.2) is 18.4 Å². The summed E-state index contributed by atoms with van der Waals surface area (Å²) in [5.41, 5.74) is -7.70. The highest BCUT2D eigenvalue weighted by atomic mass is 19.1. The molecule has 0 spiro atoms. The number of halogens is 2. The minimum atomic E-state index is -2.36. The summed E-state index contributed by atoms with van der Waals surface area (Å²) in [6, 6.07) is 1.77. The summed E-state index contributed by atoms with van der Waals surface area (Å²) >= 11 is 0. The number of fused-ring (bicyclic) bond motifs is 7. The second kappa shape index (κ2) is 9.60. The maximum absolute atomic E-state index is 17.6. The molecule has 6 aliphatic carbocycles. The van der Waals surface area contributed by atoms with Gasteiger partial charge in [-0.15, -0.1) is 0 Å². The summed E-state index contributed by atoms with van der Waals surface area (Å²) in [7, 11) is 0. The van der Waals surface area contributed by atoms with Crippen molar-refractivity contribution in [3.05, 3.63) is 23.8 Å². The predicted molar refractivity (Wildman–Crippen MR) is 153 cm³/mol. The second-order valence-electron chi connectivity index (χ2n) is 15.5. The van der Waals surface area contributed by atoms with Crippen LogP contribution in [0.25, 0.3) is 0 Å². The average molecular weight is 616 g/mol. The largest absolute Gasteiger partial charge is 0.509 e. The van der Waals surface area contributed by atoms with Crippen LogP contribution in [0.5, 0.6) is 0 Å². The number of aliphatic hydroxyl groups is 1. The smallest absolute Gasteiger partial charge is 0.447 e. The molecule has 0 aliphatic heterocycles.